The van der Waals surface area contributed by atoms with Crippen molar-refractivity contribution in [3.63, 3.8) is 0 Å². The molecular weight excluding hydrogens is 373 g/mol. The first kappa shape index (κ1) is 16.0. The summed E-state index contributed by atoms with van der Waals surface area (Å²) in [5.41, 5.74) is 2.33. The molecule has 8 nitrogen and oxygen atoms in total. The van der Waals surface area contributed by atoms with Crippen LogP contribution in [0.2, 0.25) is 5.02 Å². The molecular formula is C17H13ClFN7O. The van der Waals surface area contributed by atoms with Crippen molar-refractivity contribution in [1.82, 2.24) is 24.6 Å². The average Bonchev–Trinajstić information content (AvgIpc) is 3.19. The van der Waals surface area contributed by atoms with Gasteiger partial charge in [0.1, 0.15) is 0 Å². The number of amides is 1. The van der Waals surface area contributed by atoms with E-state index in [4.69, 9.17) is 11.6 Å². The first-order valence-electron chi connectivity index (χ1n) is 8.31. The van der Waals surface area contributed by atoms with Gasteiger partial charge in [0, 0.05) is 23.2 Å². The molecule has 3 heterocycles. The molecule has 0 atom stereocenters. The number of rotatable bonds is 5. The van der Waals surface area contributed by atoms with Crippen molar-refractivity contribution in [3.05, 3.63) is 35.6 Å². The quantitative estimate of drug-likeness (QED) is 0.458. The molecule has 1 fully saturated rings. The zero-order chi connectivity index (χ0) is 18.5. The van der Waals surface area contributed by atoms with Gasteiger partial charge in [-0.2, -0.15) is 5.10 Å². The van der Waals surface area contributed by atoms with Gasteiger partial charge in [-0.25, -0.2) is 9.37 Å². The SMILES string of the molecule is O=CNc1cn2cc(-c3c(Cl)c(F)c(NC4CC4)c4[nH]ncc34)ncc2n1. The molecule has 1 aliphatic rings. The number of anilines is 2. The van der Waals surface area contributed by atoms with Crippen LogP contribution in [0.4, 0.5) is 15.9 Å². The highest BCUT2D eigenvalue weighted by atomic mass is 35.5. The van der Waals surface area contributed by atoms with E-state index in [1.54, 1.807) is 23.0 Å². The Morgan fingerprint density at radius 1 is 1.33 bits per heavy atom. The largest absolute Gasteiger partial charge is 0.378 e. The average molecular weight is 386 g/mol. The molecule has 1 aromatic carbocycles. The number of hydrogen-bond donors (Lipinski definition) is 3. The Hall–Kier alpha value is -3.20. The third-order valence-electron chi connectivity index (χ3n) is 4.52. The summed E-state index contributed by atoms with van der Waals surface area (Å²) in [6.45, 7) is 0. The van der Waals surface area contributed by atoms with Crippen LogP contribution in [0.25, 0.3) is 27.8 Å². The second kappa shape index (κ2) is 5.92. The number of fused-ring (bicyclic) bond motifs is 2. The summed E-state index contributed by atoms with van der Waals surface area (Å²) in [4.78, 5) is 19.2. The van der Waals surface area contributed by atoms with E-state index in [0.29, 0.717) is 45.7 Å². The zero-order valence-electron chi connectivity index (χ0n) is 13.8. The number of carbonyl (C=O) groups is 1. The number of aromatic amines is 1. The smallest absolute Gasteiger partial charge is 0.212 e. The van der Waals surface area contributed by atoms with Crippen LogP contribution in [0.3, 0.4) is 0 Å². The summed E-state index contributed by atoms with van der Waals surface area (Å²) >= 11 is 6.40. The number of carbonyl (C=O) groups excluding carboxylic acids is 1. The zero-order valence-corrected chi connectivity index (χ0v) is 14.6. The summed E-state index contributed by atoms with van der Waals surface area (Å²) in [6.07, 6.45) is 9.00. The lowest BCUT2D eigenvalue weighted by molar-refractivity contribution is -0.105. The number of aromatic nitrogens is 5. The Labute approximate surface area is 156 Å². The molecule has 10 heteroatoms. The lowest BCUT2D eigenvalue weighted by Gasteiger charge is -2.13. The predicted octanol–water partition coefficient (Wildman–Crippen LogP) is 3.21. The van der Waals surface area contributed by atoms with E-state index in [9.17, 15) is 4.79 Å². The van der Waals surface area contributed by atoms with E-state index in [-0.39, 0.29) is 11.1 Å². The monoisotopic (exact) mass is 385 g/mol. The highest BCUT2D eigenvalue weighted by Gasteiger charge is 2.27. The molecule has 4 aromatic rings. The van der Waals surface area contributed by atoms with E-state index in [0.717, 1.165) is 12.8 Å². The fraction of sp³-hybridized carbons (Fsp3) is 0.176. The van der Waals surface area contributed by atoms with Crippen LogP contribution in [0.5, 0.6) is 0 Å². The molecule has 0 spiro atoms. The van der Waals surface area contributed by atoms with E-state index in [1.165, 1.54) is 6.20 Å². The molecule has 3 N–H and O–H groups in total. The van der Waals surface area contributed by atoms with Crippen LogP contribution >= 0.6 is 11.6 Å². The maximum atomic E-state index is 15.0. The molecule has 0 radical (unpaired) electrons. The van der Waals surface area contributed by atoms with Crippen LogP contribution in [0.15, 0.2) is 24.8 Å². The maximum absolute atomic E-state index is 15.0. The summed E-state index contributed by atoms with van der Waals surface area (Å²) in [7, 11) is 0. The molecule has 136 valence electrons. The Kier molecular flexibility index (Phi) is 3.51. The van der Waals surface area contributed by atoms with Crippen molar-refractivity contribution in [2.45, 2.75) is 18.9 Å². The minimum Gasteiger partial charge on any atom is -0.378 e. The number of benzene rings is 1. The van der Waals surface area contributed by atoms with Gasteiger partial charge in [-0.1, -0.05) is 11.6 Å². The van der Waals surface area contributed by atoms with Crippen molar-refractivity contribution in [3.8, 4) is 11.3 Å². The van der Waals surface area contributed by atoms with Gasteiger partial charge in [0.05, 0.1) is 40.5 Å². The van der Waals surface area contributed by atoms with Gasteiger partial charge in [0.15, 0.2) is 17.3 Å². The van der Waals surface area contributed by atoms with Crippen molar-refractivity contribution >= 4 is 46.1 Å². The van der Waals surface area contributed by atoms with E-state index >= 15 is 4.39 Å². The van der Waals surface area contributed by atoms with Crippen molar-refractivity contribution in [2.24, 2.45) is 0 Å². The number of hydrogen-bond acceptors (Lipinski definition) is 5. The van der Waals surface area contributed by atoms with Gasteiger partial charge < -0.3 is 15.0 Å². The van der Waals surface area contributed by atoms with Crippen LogP contribution in [0.1, 0.15) is 12.8 Å². The maximum Gasteiger partial charge on any atom is 0.212 e. The van der Waals surface area contributed by atoms with Crippen LogP contribution in [0, 0.1) is 5.82 Å². The van der Waals surface area contributed by atoms with E-state index in [2.05, 4.69) is 30.8 Å². The molecule has 3 aromatic heterocycles. The van der Waals surface area contributed by atoms with Gasteiger partial charge in [0.25, 0.3) is 0 Å². The van der Waals surface area contributed by atoms with Crippen molar-refractivity contribution < 1.29 is 9.18 Å². The third-order valence-corrected chi connectivity index (χ3v) is 4.88. The molecule has 0 bridgehead atoms. The normalized spacial score (nSPS) is 14.0. The van der Waals surface area contributed by atoms with Gasteiger partial charge in [-0.15, -0.1) is 0 Å². The van der Waals surface area contributed by atoms with Crippen molar-refractivity contribution in [1.29, 1.82) is 0 Å². The van der Waals surface area contributed by atoms with Crippen LogP contribution in [-0.4, -0.2) is 37.0 Å². The van der Waals surface area contributed by atoms with Gasteiger partial charge in [-0.3, -0.25) is 14.9 Å². The topological polar surface area (TPSA) is 100 Å². The van der Waals surface area contributed by atoms with Crippen LogP contribution in [-0.2, 0) is 4.79 Å². The first-order chi connectivity index (χ1) is 13.2. The fourth-order valence-electron chi connectivity index (χ4n) is 3.09. The predicted molar refractivity (Wildman–Crippen MR) is 99.4 cm³/mol. The standard InChI is InChI=1S/C17H13ClFN7O/c18-14-13(10-5-26-6-11(21-7-27)24-12(26)4-20-10)9-3-22-25-16(9)17(15(14)19)23-8-1-2-8/h3-8,23H,1-2H2,(H,21,27)(H,22,25). The molecule has 0 unspecified atom stereocenters. The molecule has 1 amide bonds. The number of nitrogens with zero attached hydrogens (tertiary/aromatic N) is 4. The molecule has 1 aliphatic carbocycles. The van der Waals surface area contributed by atoms with Gasteiger partial charge in [-0.05, 0) is 12.8 Å². The number of H-pyrrole nitrogens is 1. The highest BCUT2D eigenvalue weighted by Crippen LogP contribution is 2.42. The van der Waals surface area contributed by atoms with E-state index in [1.807, 2.05) is 0 Å². The molecule has 27 heavy (non-hydrogen) atoms. The van der Waals surface area contributed by atoms with Crippen LogP contribution < -0.4 is 10.6 Å². The van der Waals surface area contributed by atoms with Gasteiger partial charge >= 0.3 is 0 Å². The highest BCUT2D eigenvalue weighted by molar-refractivity contribution is 6.35. The second-order valence-electron chi connectivity index (χ2n) is 6.38. The summed E-state index contributed by atoms with van der Waals surface area (Å²) in [6, 6.07) is 0.261. The number of nitrogens with one attached hydrogen (secondary N) is 3. The van der Waals surface area contributed by atoms with Gasteiger partial charge in [0.2, 0.25) is 6.41 Å². The molecule has 0 aliphatic heterocycles. The lowest BCUT2D eigenvalue weighted by atomic mass is 10.1. The minimum absolute atomic E-state index is 0.0229. The summed E-state index contributed by atoms with van der Waals surface area (Å²) in [5, 5.41) is 13.2. The third kappa shape index (κ3) is 2.58. The lowest BCUT2D eigenvalue weighted by Crippen LogP contribution is -2.05. The number of imidazole rings is 1. The number of halogens is 2. The Morgan fingerprint density at radius 2 is 2.19 bits per heavy atom. The Bertz CT molecular complexity index is 1200. The minimum atomic E-state index is -0.536. The van der Waals surface area contributed by atoms with Crippen molar-refractivity contribution in [2.75, 3.05) is 10.6 Å². The Balaban J connectivity index is 1.70. The molecule has 5 rings (SSSR count). The summed E-state index contributed by atoms with van der Waals surface area (Å²) in [5.74, 6) is -0.148. The fourth-order valence-corrected chi connectivity index (χ4v) is 3.38. The first-order valence-corrected chi connectivity index (χ1v) is 8.69. The summed E-state index contributed by atoms with van der Waals surface area (Å²) < 4.78 is 16.7. The molecule has 1 saturated carbocycles. The second-order valence-corrected chi connectivity index (χ2v) is 6.76. The van der Waals surface area contributed by atoms with E-state index < -0.39 is 5.82 Å². The molecule has 0 saturated heterocycles. The Morgan fingerprint density at radius 3 is 2.96 bits per heavy atom.